The van der Waals surface area contributed by atoms with Crippen LogP contribution in [0.15, 0.2) is 18.2 Å². The van der Waals surface area contributed by atoms with Crippen molar-refractivity contribution in [3.05, 3.63) is 34.6 Å². The van der Waals surface area contributed by atoms with Gasteiger partial charge in [0.1, 0.15) is 11.9 Å². The van der Waals surface area contributed by atoms with Crippen molar-refractivity contribution in [2.75, 3.05) is 20.6 Å². The van der Waals surface area contributed by atoms with Gasteiger partial charge in [-0.15, -0.1) is 0 Å². The van der Waals surface area contributed by atoms with Crippen LogP contribution >= 0.6 is 11.6 Å². The maximum absolute atomic E-state index is 14.4. The largest absolute Gasteiger partial charge is 0.465 e. The van der Waals surface area contributed by atoms with Crippen LogP contribution in [-0.2, 0) is 16.6 Å². The van der Waals surface area contributed by atoms with Crippen LogP contribution in [0.2, 0.25) is 5.02 Å². The molecule has 1 aromatic rings. The van der Waals surface area contributed by atoms with Crippen molar-refractivity contribution in [3.8, 4) is 0 Å². The fourth-order valence-electron chi connectivity index (χ4n) is 2.70. The standard InChI is InChI=1S/C14H17ClF3N3O4S/c1-20(2)26(24,25)19-12-10(21(13(22)23)7-14(12,17)18)6-8-4-3-5-9(15)11(8)16/h3-5,10,12,19H,6-7H2,1-2H3,(H,22,23)/t10-,12+/m0/s1. The first kappa shape index (κ1) is 20.7. The summed E-state index contributed by atoms with van der Waals surface area (Å²) in [5.41, 5.74) is -0.0968. The van der Waals surface area contributed by atoms with Gasteiger partial charge in [0, 0.05) is 14.1 Å². The fraction of sp³-hybridized carbons (Fsp3) is 0.500. The molecule has 0 spiro atoms. The molecule has 0 radical (unpaired) electrons. The lowest BCUT2D eigenvalue weighted by Gasteiger charge is -2.28. The van der Waals surface area contributed by atoms with Gasteiger partial charge >= 0.3 is 6.09 Å². The van der Waals surface area contributed by atoms with Gasteiger partial charge < -0.3 is 5.11 Å². The lowest BCUT2D eigenvalue weighted by Crippen LogP contribution is -2.54. The highest BCUT2D eigenvalue weighted by Gasteiger charge is 2.57. The molecule has 1 aliphatic heterocycles. The molecule has 1 fully saturated rings. The normalized spacial score (nSPS) is 22.8. The molecule has 7 nitrogen and oxygen atoms in total. The number of amides is 1. The van der Waals surface area contributed by atoms with Crippen molar-refractivity contribution >= 4 is 27.9 Å². The number of benzene rings is 1. The third kappa shape index (κ3) is 4.05. The van der Waals surface area contributed by atoms with Crippen LogP contribution in [0.3, 0.4) is 0 Å². The van der Waals surface area contributed by atoms with E-state index in [1.54, 1.807) is 0 Å². The van der Waals surface area contributed by atoms with E-state index in [0.717, 1.165) is 14.1 Å². The molecule has 0 aromatic heterocycles. The van der Waals surface area contributed by atoms with E-state index in [1.165, 1.54) is 18.2 Å². The average Bonchev–Trinajstić information content (AvgIpc) is 2.75. The number of nitrogens with zero attached hydrogens (tertiary/aromatic N) is 2. The predicted octanol–water partition coefficient (Wildman–Crippen LogP) is 1.78. The second kappa shape index (κ2) is 7.22. The third-order valence-corrected chi connectivity index (χ3v) is 5.89. The molecule has 0 aliphatic carbocycles. The zero-order chi connectivity index (χ0) is 19.9. The quantitative estimate of drug-likeness (QED) is 0.767. The van der Waals surface area contributed by atoms with Crippen LogP contribution in [0, 0.1) is 5.82 Å². The second-order valence-electron chi connectivity index (χ2n) is 6.04. The Balaban J connectivity index is 2.44. The van der Waals surface area contributed by atoms with Crippen LogP contribution in [0.25, 0.3) is 0 Å². The smallest absolute Gasteiger partial charge is 0.407 e. The molecule has 1 aliphatic rings. The number of carboxylic acid groups (broad SMARTS) is 1. The highest BCUT2D eigenvalue weighted by Crippen LogP contribution is 2.35. The Morgan fingerprint density at radius 3 is 2.62 bits per heavy atom. The molecule has 2 N–H and O–H groups in total. The molecule has 1 amide bonds. The molecule has 146 valence electrons. The summed E-state index contributed by atoms with van der Waals surface area (Å²) in [7, 11) is -2.01. The topological polar surface area (TPSA) is 90.0 Å². The minimum atomic E-state index is -4.28. The highest BCUT2D eigenvalue weighted by atomic mass is 35.5. The van der Waals surface area contributed by atoms with E-state index in [1.807, 2.05) is 4.72 Å². The Bertz CT molecular complexity index is 807. The molecule has 1 saturated heterocycles. The summed E-state index contributed by atoms with van der Waals surface area (Å²) in [6, 6.07) is 0.326. The number of rotatable bonds is 5. The molecule has 2 rings (SSSR count). The summed E-state index contributed by atoms with van der Waals surface area (Å²) in [4.78, 5) is 11.8. The molecule has 0 bridgehead atoms. The number of halogens is 4. The zero-order valence-electron chi connectivity index (χ0n) is 13.8. The van der Waals surface area contributed by atoms with E-state index >= 15 is 0 Å². The molecular formula is C14H17ClF3N3O4S. The van der Waals surface area contributed by atoms with Crippen LogP contribution in [0.5, 0.6) is 0 Å². The number of hydrogen-bond donors (Lipinski definition) is 2. The van der Waals surface area contributed by atoms with Gasteiger partial charge in [0.25, 0.3) is 16.1 Å². The summed E-state index contributed by atoms with van der Waals surface area (Å²) in [5, 5.41) is 8.98. The van der Waals surface area contributed by atoms with E-state index in [4.69, 9.17) is 11.6 Å². The van der Waals surface area contributed by atoms with E-state index in [9.17, 15) is 31.5 Å². The minimum absolute atomic E-state index is 0.0968. The summed E-state index contributed by atoms with van der Waals surface area (Å²) in [6.45, 7) is -1.21. The number of likely N-dealkylation sites (tertiary alicyclic amines) is 1. The Kier molecular flexibility index (Phi) is 5.76. The predicted molar refractivity (Wildman–Crippen MR) is 88.1 cm³/mol. The Morgan fingerprint density at radius 2 is 2.08 bits per heavy atom. The highest BCUT2D eigenvalue weighted by molar-refractivity contribution is 7.87. The summed E-state index contributed by atoms with van der Waals surface area (Å²) < 4.78 is 69.4. The van der Waals surface area contributed by atoms with Crippen molar-refractivity contribution < 1.29 is 31.5 Å². The molecule has 1 heterocycles. The molecule has 0 saturated carbocycles. The zero-order valence-corrected chi connectivity index (χ0v) is 15.4. The maximum Gasteiger partial charge on any atom is 0.407 e. The minimum Gasteiger partial charge on any atom is -0.465 e. The average molecular weight is 416 g/mol. The summed E-state index contributed by atoms with van der Waals surface area (Å²) >= 11 is 5.67. The van der Waals surface area contributed by atoms with Crippen molar-refractivity contribution in [2.24, 2.45) is 0 Å². The van der Waals surface area contributed by atoms with Crippen molar-refractivity contribution in [1.29, 1.82) is 0 Å². The van der Waals surface area contributed by atoms with Crippen molar-refractivity contribution in [2.45, 2.75) is 24.4 Å². The van der Waals surface area contributed by atoms with E-state index in [2.05, 4.69) is 0 Å². The van der Waals surface area contributed by atoms with Gasteiger partial charge in [0.15, 0.2) is 0 Å². The lowest BCUT2D eigenvalue weighted by atomic mass is 9.99. The summed E-state index contributed by atoms with van der Waals surface area (Å²) in [5.74, 6) is -4.55. The van der Waals surface area contributed by atoms with Crippen LogP contribution < -0.4 is 4.72 Å². The SMILES string of the molecule is CN(C)S(=O)(=O)N[C@@H]1[C@H](Cc2cccc(Cl)c2F)N(C(=O)O)CC1(F)F. The number of alkyl halides is 2. The van der Waals surface area contributed by atoms with Gasteiger partial charge in [0.05, 0.1) is 17.6 Å². The molecular weight excluding hydrogens is 399 g/mol. The fourth-order valence-corrected chi connectivity index (χ4v) is 3.76. The lowest BCUT2D eigenvalue weighted by molar-refractivity contribution is -0.00594. The number of hydrogen-bond acceptors (Lipinski definition) is 3. The Hall–Kier alpha value is -1.56. The van der Waals surface area contributed by atoms with Gasteiger partial charge in [0.2, 0.25) is 0 Å². The van der Waals surface area contributed by atoms with Gasteiger partial charge in [-0.3, -0.25) is 4.90 Å². The van der Waals surface area contributed by atoms with Crippen molar-refractivity contribution in [1.82, 2.24) is 13.9 Å². The van der Waals surface area contributed by atoms with Crippen LogP contribution in [-0.4, -0.2) is 67.5 Å². The van der Waals surface area contributed by atoms with Gasteiger partial charge in [-0.1, -0.05) is 23.7 Å². The van der Waals surface area contributed by atoms with Crippen molar-refractivity contribution in [3.63, 3.8) is 0 Å². The first-order valence-corrected chi connectivity index (χ1v) is 9.18. The van der Waals surface area contributed by atoms with Gasteiger partial charge in [-0.25, -0.2) is 18.0 Å². The molecule has 1 aromatic carbocycles. The third-order valence-electron chi connectivity index (χ3n) is 4.08. The first-order chi connectivity index (χ1) is 11.9. The van der Waals surface area contributed by atoms with Gasteiger partial charge in [-0.05, 0) is 18.1 Å². The Morgan fingerprint density at radius 1 is 1.46 bits per heavy atom. The first-order valence-electron chi connectivity index (χ1n) is 7.37. The monoisotopic (exact) mass is 415 g/mol. The van der Waals surface area contributed by atoms with E-state index < -0.39 is 53.1 Å². The molecule has 12 heteroatoms. The maximum atomic E-state index is 14.4. The van der Waals surface area contributed by atoms with Crippen LogP contribution in [0.1, 0.15) is 5.56 Å². The second-order valence-corrected chi connectivity index (χ2v) is 8.36. The molecule has 2 atom stereocenters. The van der Waals surface area contributed by atoms with Gasteiger partial charge in [-0.2, -0.15) is 17.4 Å². The molecule has 0 unspecified atom stereocenters. The number of carbonyl (C=O) groups is 1. The van der Waals surface area contributed by atoms with E-state index in [0.29, 0.717) is 9.21 Å². The van der Waals surface area contributed by atoms with Crippen LogP contribution in [0.4, 0.5) is 18.0 Å². The molecule has 26 heavy (non-hydrogen) atoms. The van der Waals surface area contributed by atoms with E-state index in [-0.39, 0.29) is 10.6 Å². The Labute approximate surface area is 153 Å². The summed E-state index contributed by atoms with van der Waals surface area (Å²) in [6.07, 6.45) is -2.14. The number of nitrogens with one attached hydrogen (secondary N) is 1.